The van der Waals surface area contributed by atoms with Gasteiger partial charge in [0.05, 0.1) is 25.9 Å². The zero-order chi connectivity index (χ0) is 19.2. The average Bonchev–Trinajstić information content (AvgIpc) is 3.23. The molecule has 1 saturated heterocycles. The minimum atomic E-state index is -0.0776. The summed E-state index contributed by atoms with van der Waals surface area (Å²) in [4.78, 5) is 18.2. The number of fused-ring (bicyclic) bond motifs is 1. The van der Waals surface area contributed by atoms with Gasteiger partial charge in [-0.3, -0.25) is 9.69 Å². The highest BCUT2D eigenvalue weighted by molar-refractivity contribution is 6.01. The molecule has 1 aromatic carbocycles. The maximum Gasteiger partial charge on any atom is 0.205 e. The number of benzene rings is 1. The summed E-state index contributed by atoms with van der Waals surface area (Å²) < 4.78 is 17.6. The van der Waals surface area contributed by atoms with Crippen molar-refractivity contribution < 1.29 is 19.0 Å². The Labute approximate surface area is 165 Å². The quantitative estimate of drug-likeness (QED) is 0.782. The molecule has 6 heteroatoms. The Hall–Kier alpha value is -2.21. The molecule has 4 atom stereocenters. The third kappa shape index (κ3) is 1.72. The van der Waals surface area contributed by atoms with Gasteiger partial charge in [0.1, 0.15) is 6.61 Å². The van der Waals surface area contributed by atoms with E-state index in [1.807, 2.05) is 0 Å². The van der Waals surface area contributed by atoms with Gasteiger partial charge in [0.2, 0.25) is 5.75 Å². The Balaban J connectivity index is 1.67. The van der Waals surface area contributed by atoms with Crippen LogP contribution in [0, 0.1) is 0 Å². The fourth-order valence-corrected chi connectivity index (χ4v) is 6.70. The lowest BCUT2D eigenvalue weighted by molar-refractivity contribution is -0.118. The van der Waals surface area contributed by atoms with E-state index in [4.69, 9.17) is 14.2 Å². The molecule has 0 unspecified atom stereocenters. The summed E-state index contributed by atoms with van der Waals surface area (Å²) in [6.07, 6.45) is 4.83. The zero-order valence-electron chi connectivity index (χ0n) is 16.7. The number of methoxy groups -OCH3 is 2. The monoisotopic (exact) mass is 382 g/mol. The van der Waals surface area contributed by atoms with Crippen LogP contribution < -0.4 is 19.1 Å². The van der Waals surface area contributed by atoms with E-state index in [0.29, 0.717) is 24.6 Å². The second-order valence-corrected chi connectivity index (χ2v) is 8.72. The average molecular weight is 382 g/mol. The largest absolute Gasteiger partial charge is 0.493 e. The predicted octanol–water partition coefficient (Wildman–Crippen LogP) is 2.29. The van der Waals surface area contributed by atoms with Crippen LogP contribution in [-0.2, 0) is 10.2 Å². The maximum atomic E-state index is 13.2. The van der Waals surface area contributed by atoms with Crippen LogP contribution >= 0.6 is 0 Å². The first-order chi connectivity index (χ1) is 13.6. The smallest absolute Gasteiger partial charge is 0.205 e. The van der Waals surface area contributed by atoms with Crippen molar-refractivity contribution in [3.8, 4) is 17.2 Å². The summed E-state index contributed by atoms with van der Waals surface area (Å²) >= 11 is 0. The van der Waals surface area contributed by atoms with E-state index in [1.165, 1.54) is 5.56 Å². The lowest BCUT2D eigenvalue weighted by atomic mass is 9.62. The van der Waals surface area contributed by atoms with Gasteiger partial charge in [-0.1, -0.05) is 6.08 Å². The summed E-state index contributed by atoms with van der Waals surface area (Å²) in [5, 5.41) is 0. The fourth-order valence-electron chi connectivity index (χ4n) is 6.70. The molecule has 0 aromatic heterocycles. The zero-order valence-corrected chi connectivity index (χ0v) is 16.7. The number of hydrogen-bond acceptors (Lipinski definition) is 6. The van der Waals surface area contributed by atoms with Crippen molar-refractivity contribution in [3.63, 3.8) is 0 Å². The topological polar surface area (TPSA) is 51.2 Å². The molecule has 1 aliphatic carbocycles. The molecule has 1 saturated carbocycles. The van der Waals surface area contributed by atoms with E-state index >= 15 is 0 Å². The molecule has 0 radical (unpaired) electrons. The molecule has 28 heavy (non-hydrogen) atoms. The lowest BCUT2D eigenvalue weighted by Crippen LogP contribution is -2.61. The fraction of sp³-hybridized carbons (Fsp3) is 0.591. The Bertz CT molecular complexity index is 926. The number of nitrogens with zero attached hydrogens (tertiary/aromatic N) is 2. The predicted molar refractivity (Wildman–Crippen MR) is 105 cm³/mol. The number of ether oxygens (including phenoxy) is 3. The maximum absolute atomic E-state index is 13.2. The van der Waals surface area contributed by atoms with Crippen LogP contribution in [0.5, 0.6) is 17.2 Å². The molecule has 0 amide bonds. The standard InChI is InChI=1S/C22H26N2O4/c1-12-11-28-20-18-14(9-16(26-2)19(20)27-3)22-6-8-23-7-4-5-13(21(22)23)15(25)10-17(22)24(12)18/h5,9,12,17,21H,4,6-8,10-11H2,1-3H3/t12-,17-,21-,22-/m1/s1. The number of anilines is 1. The molecular formula is C22H26N2O4. The molecule has 5 aliphatic rings. The van der Waals surface area contributed by atoms with Crippen LogP contribution in [0.4, 0.5) is 5.69 Å². The minimum absolute atomic E-state index is 0.0776. The van der Waals surface area contributed by atoms with Crippen molar-refractivity contribution in [1.82, 2.24) is 4.90 Å². The number of carbonyl (C=O) groups is 1. The first-order valence-corrected chi connectivity index (χ1v) is 10.3. The molecule has 4 heterocycles. The highest BCUT2D eigenvalue weighted by Gasteiger charge is 2.66. The lowest BCUT2D eigenvalue weighted by Gasteiger charge is -2.49. The van der Waals surface area contributed by atoms with Crippen LogP contribution in [-0.4, -0.2) is 62.7 Å². The van der Waals surface area contributed by atoms with E-state index < -0.39 is 0 Å². The molecule has 6 rings (SSSR count). The molecule has 1 aromatic rings. The summed E-state index contributed by atoms with van der Waals surface area (Å²) in [6, 6.07) is 2.74. The third-order valence-electron chi connectivity index (χ3n) is 7.68. The van der Waals surface area contributed by atoms with Crippen molar-refractivity contribution in [2.24, 2.45) is 0 Å². The van der Waals surface area contributed by atoms with Gasteiger partial charge in [-0.2, -0.15) is 0 Å². The molecule has 6 nitrogen and oxygen atoms in total. The van der Waals surface area contributed by atoms with Gasteiger partial charge in [-0.15, -0.1) is 0 Å². The summed E-state index contributed by atoms with van der Waals surface area (Å²) in [5.41, 5.74) is 3.37. The van der Waals surface area contributed by atoms with Gasteiger partial charge in [-0.25, -0.2) is 0 Å². The van der Waals surface area contributed by atoms with E-state index in [9.17, 15) is 4.79 Å². The van der Waals surface area contributed by atoms with Crippen LogP contribution in [0.15, 0.2) is 17.7 Å². The first kappa shape index (κ1) is 16.7. The van der Waals surface area contributed by atoms with Gasteiger partial charge in [-0.05, 0) is 37.9 Å². The Morgan fingerprint density at radius 2 is 2.11 bits per heavy atom. The van der Waals surface area contributed by atoms with Gasteiger partial charge >= 0.3 is 0 Å². The van der Waals surface area contributed by atoms with Crippen LogP contribution in [0.2, 0.25) is 0 Å². The number of ketones is 1. The molecule has 4 aliphatic heterocycles. The second-order valence-electron chi connectivity index (χ2n) is 8.72. The van der Waals surface area contributed by atoms with Crippen molar-refractivity contribution in [2.75, 3.05) is 38.8 Å². The van der Waals surface area contributed by atoms with Crippen molar-refractivity contribution >= 4 is 11.5 Å². The Morgan fingerprint density at radius 3 is 2.89 bits per heavy atom. The Morgan fingerprint density at radius 1 is 1.25 bits per heavy atom. The highest BCUT2D eigenvalue weighted by Crippen LogP contribution is 2.65. The highest BCUT2D eigenvalue weighted by atomic mass is 16.5. The second kappa shape index (κ2) is 5.44. The van der Waals surface area contributed by atoms with Crippen molar-refractivity contribution in [2.45, 2.75) is 49.7 Å². The molecule has 0 bridgehead atoms. The van der Waals surface area contributed by atoms with E-state index in [1.54, 1.807) is 14.2 Å². The molecule has 1 spiro atoms. The molecule has 0 N–H and O–H groups in total. The normalized spacial score (nSPS) is 35.0. The molecule has 2 fully saturated rings. The first-order valence-electron chi connectivity index (χ1n) is 10.3. The van der Waals surface area contributed by atoms with Crippen LogP contribution in [0.1, 0.15) is 31.7 Å². The van der Waals surface area contributed by atoms with Crippen LogP contribution in [0.25, 0.3) is 0 Å². The van der Waals surface area contributed by atoms with Gasteiger partial charge in [0, 0.05) is 36.0 Å². The summed E-state index contributed by atoms with van der Waals surface area (Å²) in [7, 11) is 3.34. The van der Waals surface area contributed by atoms with E-state index in [0.717, 1.165) is 48.7 Å². The number of hydrogen-bond donors (Lipinski definition) is 0. The van der Waals surface area contributed by atoms with Crippen LogP contribution in [0.3, 0.4) is 0 Å². The van der Waals surface area contributed by atoms with Gasteiger partial charge in [0.15, 0.2) is 17.3 Å². The van der Waals surface area contributed by atoms with E-state index in [-0.39, 0.29) is 23.5 Å². The van der Waals surface area contributed by atoms with Crippen molar-refractivity contribution in [3.05, 3.63) is 23.3 Å². The van der Waals surface area contributed by atoms with Gasteiger partial charge in [0.25, 0.3) is 0 Å². The SMILES string of the molecule is COc1cc2c3c(c1OC)OC[C@@H](C)N3[C@@H]1CC(=O)C3=CCCN4CC[C@@]21[C@@H]34. The van der Waals surface area contributed by atoms with Crippen molar-refractivity contribution in [1.29, 1.82) is 0 Å². The van der Waals surface area contributed by atoms with Gasteiger partial charge < -0.3 is 19.1 Å². The number of rotatable bonds is 2. The summed E-state index contributed by atoms with van der Waals surface area (Å²) in [6.45, 7) is 4.87. The number of Topliss-reactive ketones (excluding diaryl/α,β-unsaturated/α-hetero) is 1. The minimum Gasteiger partial charge on any atom is -0.493 e. The number of carbonyl (C=O) groups excluding carboxylic acids is 1. The molecular weight excluding hydrogens is 356 g/mol. The third-order valence-corrected chi connectivity index (χ3v) is 7.68. The summed E-state index contributed by atoms with van der Waals surface area (Å²) in [5.74, 6) is 2.49. The molecule has 148 valence electrons. The van der Waals surface area contributed by atoms with E-state index in [2.05, 4.69) is 28.9 Å². The Kier molecular flexibility index (Phi) is 3.25.